The lowest BCUT2D eigenvalue weighted by atomic mass is 10.2. The Bertz CT molecular complexity index is 401. The van der Waals surface area contributed by atoms with Gasteiger partial charge in [-0.2, -0.15) is 0 Å². The van der Waals surface area contributed by atoms with Crippen molar-refractivity contribution in [3.8, 4) is 0 Å². The van der Waals surface area contributed by atoms with Crippen LogP contribution in [0.15, 0.2) is 18.2 Å². The molecular formula is C14H20Cl4N2O-2. The van der Waals surface area contributed by atoms with E-state index in [1.165, 1.54) is 0 Å². The lowest BCUT2D eigenvalue weighted by Crippen LogP contribution is -3.00. The number of rotatable bonds is 6. The monoisotopic (exact) mass is 372 g/mol. The summed E-state index contributed by atoms with van der Waals surface area (Å²) < 4.78 is 5.32. The van der Waals surface area contributed by atoms with Crippen molar-refractivity contribution in [3.05, 3.63) is 33.8 Å². The van der Waals surface area contributed by atoms with Crippen LogP contribution in [0, 0.1) is 0 Å². The van der Waals surface area contributed by atoms with Crippen LogP contribution in [0.1, 0.15) is 12.0 Å². The van der Waals surface area contributed by atoms with Crippen molar-refractivity contribution in [3.63, 3.8) is 0 Å². The average molecular weight is 374 g/mol. The molecular weight excluding hydrogens is 354 g/mol. The molecule has 0 atom stereocenters. The van der Waals surface area contributed by atoms with E-state index >= 15 is 0 Å². The molecule has 1 N–H and O–H groups in total. The van der Waals surface area contributed by atoms with Gasteiger partial charge in [-0.3, -0.25) is 4.90 Å². The second-order valence-electron chi connectivity index (χ2n) is 4.70. The van der Waals surface area contributed by atoms with E-state index in [2.05, 4.69) is 10.2 Å². The number of hydrogen-bond acceptors (Lipinski definition) is 3. The van der Waals surface area contributed by atoms with Crippen LogP contribution in [0.2, 0.25) is 10.0 Å². The summed E-state index contributed by atoms with van der Waals surface area (Å²) in [7, 11) is 0. The Balaban J connectivity index is 0.00000200. The first kappa shape index (κ1) is 21.3. The van der Waals surface area contributed by atoms with Gasteiger partial charge >= 0.3 is 0 Å². The summed E-state index contributed by atoms with van der Waals surface area (Å²) in [6.07, 6.45) is 1.14. The van der Waals surface area contributed by atoms with Gasteiger partial charge in [-0.25, -0.2) is 0 Å². The zero-order valence-corrected chi connectivity index (χ0v) is 14.8. The highest BCUT2D eigenvalue weighted by atomic mass is 35.5. The molecule has 2 rings (SSSR count). The number of benzene rings is 1. The molecule has 1 aromatic carbocycles. The molecule has 0 amide bonds. The normalized spacial score (nSPS) is 15.1. The summed E-state index contributed by atoms with van der Waals surface area (Å²) in [5, 5.41) is 4.69. The highest BCUT2D eigenvalue weighted by Gasteiger charge is 2.09. The molecule has 122 valence electrons. The van der Waals surface area contributed by atoms with Crippen LogP contribution in [0.4, 0.5) is 0 Å². The number of nitrogens with one attached hydrogen (secondary N) is 1. The van der Waals surface area contributed by atoms with Gasteiger partial charge in [-0.05, 0) is 31.1 Å². The predicted octanol–water partition coefficient (Wildman–Crippen LogP) is -3.19. The molecule has 1 aliphatic rings. The van der Waals surface area contributed by atoms with Gasteiger partial charge < -0.3 is 34.9 Å². The molecule has 0 saturated carbocycles. The van der Waals surface area contributed by atoms with E-state index in [0.29, 0.717) is 10.0 Å². The summed E-state index contributed by atoms with van der Waals surface area (Å²) >= 11 is 12.1. The van der Waals surface area contributed by atoms with Crippen LogP contribution in [0.5, 0.6) is 0 Å². The molecule has 1 aromatic rings. The van der Waals surface area contributed by atoms with Crippen LogP contribution in [-0.4, -0.2) is 44.3 Å². The van der Waals surface area contributed by atoms with Crippen molar-refractivity contribution in [2.75, 3.05) is 39.4 Å². The molecule has 1 aliphatic heterocycles. The molecule has 0 spiro atoms. The third-order valence-electron chi connectivity index (χ3n) is 3.28. The Labute approximate surface area is 149 Å². The van der Waals surface area contributed by atoms with E-state index in [1.807, 2.05) is 18.2 Å². The summed E-state index contributed by atoms with van der Waals surface area (Å²) in [5.74, 6) is 0. The molecule has 3 nitrogen and oxygen atoms in total. The van der Waals surface area contributed by atoms with Crippen LogP contribution in [0.25, 0.3) is 0 Å². The topological polar surface area (TPSA) is 24.5 Å². The van der Waals surface area contributed by atoms with Crippen molar-refractivity contribution in [1.82, 2.24) is 10.2 Å². The van der Waals surface area contributed by atoms with Crippen molar-refractivity contribution >= 4 is 23.2 Å². The molecule has 1 fully saturated rings. The minimum absolute atomic E-state index is 0. The molecule has 1 saturated heterocycles. The maximum absolute atomic E-state index is 6.13. The van der Waals surface area contributed by atoms with E-state index < -0.39 is 0 Å². The molecule has 0 unspecified atom stereocenters. The third-order valence-corrected chi connectivity index (χ3v) is 4.14. The van der Waals surface area contributed by atoms with Crippen LogP contribution >= 0.6 is 23.2 Å². The zero-order valence-electron chi connectivity index (χ0n) is 11.8. The smallest absolute Gasteiger partial charge is 0.0637 e. The van der Waals surface area contributed by atoms with Crippen LogP contribution < -0.4 is 30.1 Å². The first-order valence-electron chi connectivity index (χ1n) is 6.71. The predicted molar refractivity (Wildman–Crippen MR) is 80.0 cm³/mol. The molecule has 7 heteroatoms. The van der Waals surface area contributed by atoms with Crippen molar-refractivity contribution in [2.24, 2.45) is 0 Å². The standard InChI is InChI=1S/C14H20Cl2N2O.2ClH/c15-13-4-1-3-12(14(13)16)11-17-5-2-6-18-7-9-19-10-8-18;;/h1,3-4,17H,2,5-11H2;2*1H/p-2. The Hall–Kier alpha value is 0.260. The number of ether oxygens (including phenoxy) is 1. The van der Waals surface area contributed by atoms with E-state index in [4.69, 9.17) is 27.9 Å². The Morgan fingerprint density at radius 2 is 1.86 bits per heavy atom. The SMILES string of the molecule is Clc1cccc(CNCCCN2CCOCC2)c1Cl.[Cl-].[Cl-]. The Morgan fingerprint density at radius 1 is 1.14 bits per heavy atom. The molecule has 0 bridgehead atoms. The number of nitrogens with zero attached hydrogens (tertiary/aromatic N) is 1. The first-order chi connectivity index (χ1) is 9.27. The Morgan fingerprint density at radius 3 is 2.57 bits per heavy atom. The summed E-state index contributed by atoms with van der Waals surface area (Å²) in [4.78, 5) is 2.44. The lowest BCUT2D eigenvalue weighted by molar-refractivity contribution is -0.00100. The zero-order chi connectivity index (χ0) is 13.5. The van der Waals surface area contributed by atoms with Crippen molar-refractivity contribution in [1.29, 1.82) is 0 Å². The second kappa shape index (κ2) is 11.8. The second-order valence-corrected chi connectivity index (χ2v) is 5.48. The average Bonchev–Trinajstić information content (AvgIpc) is 2.44. The van der Waals surface area contributed by atoms with Gasteiger partial charge in [0.05, 0.1) is 23.3 Å². The fourth-order valence-corrected chi connectivity index (χ4v) is 2.55. The minimum Gasteiger partial charge on any atom is -1.00 e. The van der Waals surface area contributed by atoms with Crippen molar-refractivity contribution < 1.29 is 29.6 Å². The molecule has 21 heavy (non-hydrogen) atoms. The highest BCUT2D eigenvalue weighted by Crippen LogP contribution is 2.25. The maximum atomic E-state index is 6.13. The fourth-order valence-electron chi connectivity index (χ4n) is 2.16. The highest BCUT2D eigenvalue weighted by molar-refractivity contribution is 6.42. The molecule has 0 aliphatic carbocycles. The van der Waals surface area contributed by atoms with Gasteiger partial charge in [0.25, 0.3) is 0 Å². The fraction of sp³-hybridized carbons (Fsp3) is 0.571. The van der Waals surface area contributed by atoms with Gasteiger partial charge in [0.15, 0.2) is 0 Å². The van der Waals surface area contributed by atoms with Gasteiger partial charge in [-0.15, -0.1) is 0 Å². The summed E-state index contributed by atoms with van der Waals surface area (Å²) in [6, 6.07) is 5.74. The molecule has 0 aromatic heterocycles. The Kier molecular flexibility index (Phi) is 11.9. The first-order valence-corrected chi connectivity index (χ1v) is 7.46. The van der Waals surface area contributed by atoms with Gasteiger partial charge in [0.1, 0.15) is 0 Å². The largest absolute Gasteiger partial charge is 1.00 e. The minimum atomic E-state index is 0. The van der Waals surface area contributed by atoms with Gasteiger partial charge in [0.2, 0.25) is 0 Å². The van der Waals surface area contributed by atoms with Crippen molar-refractivity contribution in [2.45, 2.75) is 13.0 Å². The number of halogens is 4. The van der Waals surface area contributed by atoms with Gasteiger partial charge in [0, 0.05) is 19.6 Å². The van der Waals surface area contributed by atoms with Crippen LogP contribution in [-0.2, 0) is 11.3 Å². The van der Waals surface area contributed by atoms with E-state index in [0.717, 1.165) is 57.9 Å². The third kappa shape index (κ3) is 7.38. The number of hydrogen-bond donors (Lipinski definition) is 1. The molecule has 0 radical (unpaired) electrons. The van der Waals surface area contributed by atoms with Crippen LogP contribution in [0.3, 0.4) is 0 Å². The van der Waals surface area contributed by atoms with E-state index in [-0.39, 0.29) is 24.8 Å². The maximum Gasteiger partial charge on any atom is 0.0637 e. The van der Waals surface area contributed by atoms with E-state index in [1.54, 1.807) is 0 Å². The summed E-state index contributed by atoms with van der Waals surface area (Å²) in [5.41, 5.74) is 1.06. The molecule has 1 heterocycles. The summed E-state index contributed by atoms with van der Waals surface area (Å²) in [6.45, 7) is 6.72. The van der Waals surface area contributed by atoms with Gasteiger partial charge in [-0.1, -0.05) is 35.3 Å². The quantitative estimate of drug-likeness (QED) is 0.532. The number of morpholine rings is 1. The lowest BCUT2D eigenvalue weighted by Gasteiger charge is -2.26. The van der Waals surface area contributed by atoms with E-state index in [9.17, 15) is 0 Å².